The van der Waals surface area contributed by atoms with Crippen LogP contribution in [0.4, 0.5) is 4.79 Å². The summed E-state index contributed by atoms with van der Waals surface area (Å²) in [5, 5.41) is 0. The number of cyclic esters (lactones) is 1. The lowest BCUT2D eigenvalue weighted by Crippen LogP contribution is -2.49. The van der Waals surface area contributed by atoms with Gasteiger partial charge >= 0.3 is 6.09 Å². The van der Waals surface area contributed by atoms with Crippen molar-refractivity contribution in [2.24, 2.45) is 0 Å². The maximum Gasteiger partial charge on any atom is 0.410 e. The van der Waals surface area contributed by atoms with Gasteiger partial charge in [0.2, 0.25) is 5.91 Å². The number of carbonyl (C=O) groups excluding carboxylic acids is 2. The Labute approximate surface area is 152 Å². The molecule has 2 aliphatic rings. The van der Waals surface area contributed by atoms with Gasteiger partial charge in [0.25, 0.3) is 0 Å². The van der Waals surface area contributed by atoms with Crippen molar-refractivity contribution in [1.82, 2.24) is 19.8 Å². The SMILES string of the molecule is CC1COC(=O)N1C1CCN(C(=O)CCc2nc3ccccc3[nH]2)CC1. The normalized spacial score (nSPS) is 21.4. The molecule has 138 valence electrons. The third-order valence-electron chi connectivity index (χ3n) is 5.36. The van der Waals surface area contributed by atoms with E-state index < -0.39 is 0 Å². The van der Waals surface area contributed by atoms with E-state index in [0.29, 0.717) is 32.5 Å². The van der Waals surface area contributed by atoms with Gasteiger partial charge in [-0.05, 0) is 31.9 Å². The number of ether oxygens (including phenoxy) is 1. The average molecular weight is 356 g/mol. The molecule has 7 heteroatoms. The molecule has 2 amide bonds. The highest BCUT2D eigenvalue weighted by atomic mass is 16.6. The lowest BCUT2D eigenvalue weighted by molar-refractivity contribution is -0.132. The summed E-state index contributed by atoms with van der Waals surface area (Å²) in [6.07, 6.45) is 2.48. The molecule has 0 radical (unpaired) electrons. The largest absolute Gasteiger partial charge is 0.447 e. The van der Waals surface area contributed by atoms with Gasteiger partial charge in [-0.1, -0.05) is 12.1 Å². The number of aromatic nitrogens is 2. The molecule has 2 fully saturated rings. The molecule has 2 saturated heterocycles. The summed E-state index contributed by atoms with van der Waals surface area (Å²) in [7, 11) is 0. The topological polar surface area (TPSA) is 78.5 Å². The number of nitrogens with zero attached hydrogens (tertiary/aromatic N) is 3. The molecule has 2 aromatic rings. The van der Waals surface area contributed by atoms with Gasteiger partial charge in [-0.25, -0.2) is 9.78 Å². The van der Waals surface area contributed by atoms with Crippen LogP contribution < -0.4 is 0 Å². The summed E-state index contributed by atoms with van der Waals surface area (Å²) in [6.45, 7) is 3.87. The fourth-order valence-electron chi connectivity index (χ4n) is 3.94. The second kappa shape index (κ2) is 6.97. The van der Waals surface area contributed by atoms with E-state index in [1.54, 1.807) is 0 Å². The molecule has 4 rings (SSSR count). The van der Waals surface area contributed by atoms with Gasteiger partial charge < -0.3 is 14.6 Å². The van der Waals surface area contributed by atoms with Gasteiger partial charge in [0.05, 0.1) is 17.1 Å². The van der Waals surface area contributed by atoms with Crippen LogP contribution in [0.25, 0.3) is 11.0 Å². The predicted octanol–water partition coefficient (Wildman–Crippen LogP) is 2.33. The van der Waals surface area contributed by atoms with Crippen molar-refractivity contribution in [1.29, 1.82) is 0 Å². The minimum atomic E-state index is -0.216. The predicted molar refractivity (Wildman–Crippen MR) is 96.7 cm³/mol. The minimum absolute atomic E-state index is 0.128. The molecule has 7 nitrogen and oxygen atoms in total. The number of rotatable bonds is 4. The molecular weight excluding hydrogens is 332 g/mol. The molecule has 3 heterocycles. The molecule has 1 aromatic carbocycles. The summed E-state index contributed by atoms with van der Waals surface area (Å²) in [5.74, 6) is 1.00. The highest BCUT2D eigenvalue weighted by molar-refractivity contribution is 5.77. The van der Waals surface area contributed by atoms with Crippen molar-refractivity contribution in [3.05, 3.63) is 30.1 Å². The zero-order valence-electron chi connectivity index (χ0n) is 15.0. The van der Waals surface area contributed by atoms with Crippen LogP contribution in [-0.2, 0) is 16.0 Å². The number of imidazole rings is 1. The Morgan fingerprint density at radius 3 is 2.77 bits per heavy atom. The van der Waals surface area contributed by atoms with Crippen LogP contribution in [-0.4, -0.2) is 63.5 Å². The van der Waals surface area contributed by atoms with E-state index in [2.05, 4.69) is 9.97 Å². The quantitative estimate of drug-likeness (QED) is 0.912. The molecule has 0 saturated carbocycles. The number of para-hydroxylation sites is 2. The monoisotopic (exact) mass is 356 g/mol. The first-order chi connectivity index (χ1) is 12.6. The number of H-pyrrole nitrogens is 1. The van der Waals surface area contributed by atoms with Crippen molar-refractivity contribution in [2.45, 2.75) is 44.7 Å². The molecule has 0 spiro atoms. The zero-order chi connectivity index (χ0) is 18.1. The van der Waals surface area contributed by atoms with Gasteiger partial charge in [-0.3, -0.25) is 9.69 Å². The van der Waals surface area contributed by atoms with Crippen molar-refractivity contribution in [3.63, 3.8) is 0 Å². The fraction of sp³-hybridized carbons (Fsp3) is 0.526. The molecule has 0 aliphatic carbocycles. The number of aryl methyl sites for hydroxylation is 1. The number of amides is 2. The Bertz CT molecular complexity index is 777. The highest BCUT2D eigenvalue weighted by Gasteiger charge is 2.37. The van der Waals surface area contributed by atoms with Crippen molar-refractivity contribution >= 4 is 23.0 Å². The first-order valence-electron chi connectivity index (χ1n) is 9.28. The first-order valence-corrected chi connectivity index (χ1v) is 9.28. The number of hydrogen-bond acceptors (Lipinski definition) is 4. The van der Waals surface area contributed by atoms with E-state index in [1.807, 2.05) is 41.0 Å². The van der Waals surface area contributed by atoms with Crippen LogP contribution in [0.1, 0.15) is 32.0 Å². The Balaban J connectivity index is 1.29. The number of fused-ring (bicyclic) bond motifs is 1. The van der Waals surface area contributed by atoms with Crippen LogP contribution in [0.3, 0.4) is 0 Å². The van der Waals surface area contributed by atoms with Crippen LogP contribution in [0.15, 0.2) is 24.3 Å². The Hall–Kier alpha value is -2.57. The van der Waals surface area contributed by atoms with Gasteiger partial charge in [0.15, 0.2) is 0 Å². The number of hydrogen-bond donors (Lipinski definition) is 1. The van der Waals surface area contributed by atoms with Gasteiger partial charge in [-0.15, -0.1) is 0 Å². The minimum Gasteiger partial charge on any atom is -0.447 e. The lowest BCUT2D eigenvalue weighted by Gasteiger charge is -2.37. The van der Waals surface area contributed by atoms with Gasteiger partial charge in [-0.2, -0.15) is 0 Å². The fourth-order valence-corrected chi connectivity index (χ4v) is 3.94. The number of carbonyl (C=O) groups is 2. The standard InChI is InChI=1S/C19H24N4O3/c1-13-12-26-19(25)23(13)14-8-10-22(11-9-14)18(24)7-6-17-20-15-4-2-3-5-16(15)21-17/h2-5,13-14H,6-12H2,1H3,(H,20,21). The molecule has 26 heavy (non-hydrogen) atoms. The van der Waals surface area contributed by atoms with Crippen molar-refractivity contribution in [2.75, 3.05) is 19.7 Å². The number of benzene rings is 1. The number of aromatic amines is 1. The molecule has 2 aliphatic heterocycles. The highest BCUT2D eigenvalue weighted by Crippen LogP contribution is 2.24. The van der Waals surface area contributed by atoms with Crippen LogP contribution in [0, 0.1) is 0 Å². The summed E-state index contributed by atoms with van der Waals surface area (Å²) in [6, 6.07) is 8.19. The van der Waals surface area contributed by atoms with Gasteiger partial charge in [0, 0.05) is 32.0 Å². The second-order valence-electron chi connectivity index (χ2n) is 7.15. The third-order valence-corrected chi connectivity index (χ3v) is 5.36. The van der Waals surface area contributed by atoms with E-state index in [-0.39, 0.29) is 24.1 Å². The van der Waals surface area contributed by atoms with Crippen LogP contribution in [0.5, 0.6) is 0 Å². The Kier molecular flexibility index (Phi) is 4.53. The molecule has 1 atom stereocenters. The van der Waals surface area contributed by atoms with E-state index in [9.17, 15) is 9.59 Å². The summed E-state index contributed by atoms with van der Waals surface area (Å²) < 4.78 is 5.11. The van der Waals surface area contributed by atoms with E-state index >= 15 is 0 Å². The number of piperidine rings is 1. The maximum atomic E-state index is 12.5. The summed E-state index contributed by atoms with van der Waals surface area (Å²) >= 11 is 0. The summed E-state index contributed by atoms with van der Waals surface area (Å²) in [5.41, 5.74) is 1.93. The van der Waals surface area contributed by atoms with Crippen molar-refractivity contribution < 1.29 is 14.3 Å². The first kappa shape index (κ1) is 16.9. The molecular formula is C19H24N4O3. The van der Waals surface area contributed by atoms with Crippen LogP contribution in [0.2, 0.25) is 0 Å². The second-order valence-corrected chi connectivity index (χ2v) is 7.15. The average Bonchev–Trinajstić information content (AvgIpc) is 3.22. The molecule has 0 bridgehead atoms. The number of likely N-dealkylation sites (tertiary alicyclic amines) is 1. The molecule has 1 unspecified atom stereocenters. The Morgan fingerprint density at radius 1 is 1.31 bits per heavy atom. The number of nitrogens with one attached hydrogen (secondary N) is 1. The van der Waals surface area contributed by atoms with Gasteiger partial charge in [0.1, 0.15) is 12.4 Å². The third kappa shape index (κ3) is 3.25. The van der Waals surface area contributed by atoms with Crippen molar-refractivity contribution in [3.8, 4) is 0 Å². The zero-order valence-corrected chi connectivity index (χ0v) is 15.0. The molecule has 1 N–H and O–H groups in total. The maximum absolute atomic E-state index is 12.5. The van der Waals surface area contributed by atoms with E-state index in [1.165, 1.54) is 0 Å². The van der Waals surface area contributed by atoms with E-state index in [0.717, 1.165) is 29.7 Å². The molecule has 1 aromatic heterocycles. The van der Waals surface area contributed by atoms with Crippen LogP contribution >= 0.6 is 0 Å². The lowest BCUT2D eigenvalue weighted by atomic mass is 10.0. The Morgan fingerprint density at radius 2 is 2.08 bits per heavy atom. The smallest absolute Gasteiger partial charge is 0.410 e. The summed E-state index contributed by atoms with van der Waals surface area (Å²) in [4.78, 5) is 35.9. The van der Waals surface area contributed by atoms with E-state index in [4.69, 9.17) is 4.74 Å².